The molecular formula is C10H9ClN2O2. The van der Waals surface area contributed by atoms with Crippen LogP contribution in [0.3, 0.4) is 0 Å². The lowest BCUT2D eigenvalue weighted by molar-refractivity contribution is 0.0691. The van der Waals surface area contributed by atoms with E-state index in [4.69, 9.17) is 22.4 Å². The number of carboxylic acids is 1. The number of nitrogen functional groups attached to an aromatic ring is 1. The van der Waals surface area contributed by atoms with Crippen LogP contribution in [0, 0.1) is 6.92 Å². The average Bonchev–Trinajstić information content (AvgIpc) is 2.58. The second kappa shape index (κ2) is 3.17. The highest BCUT2D eigenvalue weighted by atomic mass is 35.5. The molecule has 0 spiro atoms. The molecule has 0 saturated carbocycles. The molecule has 15 heavy (non-hydrogen) atoms. The molecule has 2 aromatic rings. The summed E-state index contributed by atoms with van der Waals surface area (Å²) in [4.78, 5) is 13.5. The van der Waals surface area contributed by atoms with E-state index >= 15 is 0 Å². The number of anilines is 1. The second-order valence-electron chi connectivity index (χ2n) is 3.35. The lowest BCUT2D eigenvalue weighted by Crippen LogP contribution is -1.96. The van der Waals surface area contributed by atoms with Crippen LogP contribution in [0.15, 0.2) is 12.1 Å². The van der Waals surface area contributed by atoms with E-state index in [0.29, 0.717) is 21.6 Å². The Balaban J connectivity index is 2.82. The minimum Gasteiger partial charge on any atom is -0.477 e. The molecule has 0 bridgehead atoms. The monoisotopic (exact) mass is 224 g/mol. The van der Waals surface area contributed by atoms with Gasteiger partial charge < -0.3 is 15.8 Å². The zero-order valence-corrected chi connectivity index (χ0v) is 8.72. The average molecular weight is 225 g/mol. The van der Waals surface area contributed by atoms with Gasteiger partial charge in [0, 0.05) is 10.4 Å². The maximum Gasteiger partial charge on any atom is 0.352 e. The van der Waals surface area contributed by atoms with Gasteiger partial charge in [-0.1, -0.05) is 11.6 Å². The highest BCUT2D eigenvalue weighted by molar-refractivity contribution is 6.32. The van der Waals surface area contributed by atoms with Gasteiger partial charge >= 0.3 is 5.97 Å². The number of hydrogen-bond donors (Lipinski definition) is 3. The van der Waals surface area contributed by atoms with E-state index in [2.05, 4.69) is 4.98 Å². The molecule has 0 radical (unpaired) electrons. The Morgan fingerprint density at radius 3 is 2.80 bits per heavy atom. The molecule has 0 saturated heterocycles. The lowest BCUT2D eigenvalue weighted by atomic mass is 10.1. The van der Waals surface area contributed by atoms with Crippen molar-refractivity contribution in [2.24, 2.45) is 0 Å². The number of nitrogens with two attached hydrogens (primary N) is 1. The fraction of sp³-hybridized carbons (Fsp3) is 0.100. The van der Waals surface area contributed by atoms with Crippen molar-refractivity contribution >= 4 is 34.2 Å². The Hall–Kier alpha value is -1.68. The number of carbonyl (C=O) groups is 1. The molecule has 0 unspecified atom stereocenters. The molecule has 0 atom stereocenters. The zero-order valence-electron chi connectivity index (χ0n) is 7.97. The van der Waals surface area contributed by atoms with Crippen molar-refractivity contribution in [3.8, 4) is 0 Å². The molecule has 78 valence electrons. The Kier molecular flexibility index (Phi) is 2.08. The number of aromatic carboxylic acids is 1. The molecule has 1 aromatic heterocycles. The van der Waals surface area contributed by atoms with Gasteiger partial charge in [0.15, 0.2) is 0 Å². The second-order valence-corrected chi connectivity index (χ2v) is 3.76. The van der Waals surface area contributed by atoms with Gasteiger partial charge in [-0.25, -0.2) is 4.79 Å². The Morgan fingerprint density at radius 1 is 1.53 bits per heavy atom. The third-order valence-corrected chi connectivity index (χ3v) is 2.78. The van der Waals surface area contributed by atoms with E-state index in [1.165, 1.54) is 6.07 Å². The fourth-order valence-electron chi connectivity index (χ4n) is 1.48. The van der Waals surface area contributed by atoms with Gasteiger partial charge in [0.05, 0.1) is 11.2 Å². The molecule has 1 aromatic carbocycles. The molecule has 2 rings (SSSR count). The number of carboxylic acid groups (broad SMARTS) is 1. The summed E-state index contributed by atoms with van der Waals surface area (Å²) in [6.07, 6.45) is 0. The van der Waals surface area contributed by atoms with Crippen LogP contribution >= 0.6 is 11.6 Å². The summed E-state index contributed by atoms with van der Waals surface area (Å²) < 4.78 is 0. The van der Waals surface area contributed by atoms with Crippen molar-refractivity contribution in [1.29, 1.82) is 0 Å². The molecule has 4 nitrogen and oxygen atoms in total. The molecule has 0 aliphatic rings. The van der Waals surface area contributed by atoms with Crippen LogP contribution in [-0.4, -0.2) is 16.1 Å². The normalized spacial score (nSPS) is 10.8. The van der Waals surface area contributed by atoms with Crippen LogP contribution in [0.4, 0.5) is 5.69 Å². The summed E-state index contributed by atoms with van der Waals surface area (Å²) in [6, 6.07) is 3.21. The Morgan fingerprint density at radius 2 is 2.20 bits per heavy atom. The van der Waals surface area contributed by atoms with Crippen molar-refractivity contribution in [1.82, 2.24) is 4.98 Å². The van der Waals surface area contributed by atoms with E-state index in [-0.39, 0.29) is 5.69 Å². The van der Waals surface area contributed by atoms with Gasteiger partial charge in [-0.3, -0.25) is 0 Å². The van der Waals surface area contributed by atoms with Gasteiger partial charge in [-0.15, -0.1) is 0 Å². The summed E-state index contributed by atoms with van der Waals surface area (Å²) in [5.74, 6) is -1.01. The number of aromatic amines is 1. The standard InChI is InChI=1S/C10H9ClN2O2/c1-4-6(11)2-5-3-7(10(14)15)13-9(5)8(4)12/h2-3,13H,12H2,1H3,(H,14,15). The summed E-state index contributed by atoms with van der Waals surface area (Å²) in [6.45, 7) is 1.79. The number of nitrogens with one attached hydrogen (secondary N) is 1. The molecule has 5 heteroatoms. The van der Waals surface area contributed by atoms with Crippen molar-refractivity contribution in [3.05, 3.63) is 28.4 Å². The van der Waals surface area contributed by atoms with E-state index < -0.39 is 5.97 Å². The number of hydrogen-bond acceptors (Lipinski definition) is 2. The maximum atomic E-state index is 10.7. The first-order valence-electron chi connectivity index (χ1n) is 4.31. The summed E-state index contributed by atoms with van der Waals surface area (Å²) in [5, 5.41) is 10.1. The molecule has 1 heterocycles. The van der Waals surface area contributed by atoms with Crippen LogP contribution in [0.1, 0.15) is 16.1 Å². The molecule has 0 amide bonds. The first-order valence-corrected chi connectivity index (χ1v) is 4.69. The summed E-state index contributed by atoms with van der Waals surface area (Å²) in [5.41, 5.74) is 7.80. The quantitative estimate of drug-likeness (QED) is 0.651. The van der Waals surface area contributed by atoms with Crippen LogP contribution in [0.5, 0.6) is 0 Å². The number of fused-ring (bicyclic) bond motifs is 1. The van der Waals surface area contributed by atoms with E-state index in [1.807, 2.05) is 0 Å². The van der Waals surface area contributed by atoms with Crippen molar-refractivity contribution in [2.45, 2.75) is 6.92 Å². The highest BCUT2D eigenvalue weighted by Crippen LogP contribution is 2.30. The van der Waals surface area contributed by atoms with Crippen molar-refractivity contribution in [3.63, 3.8) is 0 Å². The smallest absolute Gasteiger partial charge is 0.352 e. The van der Waals surface area contributed by atoms with E-state index in [9.17, 15) is 4.79 Å². The number of benzene rings is 1. The van der Waals surface area contributed by atoms with Crippen LogP contribution in [0.2, 0.25) is 5.02 Å². The molecule has 0 aliphatic heterocycles. The fourth-order valence-corrected chi connectivity index (χ4v) is 1.70. The number of rotatable bonds is 1. The molecule has 0 fully saturated rings. The summed E-state index contributed by atoms with van der Waals surface area (Å²) in [7, 11) is 0. The summed E-state index contributed by atoms with van der Waals surface area (Å²) >= 11 is 5.94. The van der Waals surface area contributed by atoms with Crippen molar-refractivity contribution < 1.29 is 9.90 Å². The van der Waals surface area contributed by atoms with Gasteiger partial charge in [0.25, 0.3) is 0 Å². The van der Waals surface area contributed by atoms with E-state index in [0.717, 1.165) is 5.56 Å². The van der Waals surface area contributed by atoms with Gasteiger partial charge in [0.1, 0.15) is 5.69 Å². The third-order valence-electron chi connectivity index (χ3n) is 2.39. The Labute approximate surface area is 90.7 Å². The largest absolute Gasteiger partial charge is 0.477 e. The number of halogens is 1. The molecule has 4 N–H and O–H groups in total. The van der Waals surface area contributed by atoms with Crippen molar-refractivity contribution in [2.75, 3.05) is 5.73 Å². The number of aromatic nitrogens is 1. The number of H-pyrrole nitrogens is 1. The predicted molar refractivity (Wildman–Crippen MR) is 59.4 cm³/mol. The predicted octanol–water partition coefficient (Wildman–Crippen LogP) is 2.41. The van der Waals surface area contributed by atoms with E-state index in [1.54, 1.807) is 13.0 Å². The van der Waals surface area contributed by atoms with Crippen LogP contribution in [0.25, 0.3) is 10.9 Å². The lowest BCUT2D eigenvalue weighted by Gasteiger charge is -2.03. The molecule has 0 aliphatic carbocycles. The zero-order chi connectivity index (χ0) is 11.2. The first kappa shape index (κ1) is 9.86. The van der Waals surface area contributed by atoms with Gasteiger partial charge in [-0.2, -0.15) is 0 Å². The highest BCUT2D eigenvalue weighted by Gasteiger charge is 2.12. The first-order chi connectivity index (χ1) is 7.00. The maximum absolute atomic E-state index is 10.7. The molecular weight excluding hydrogens is 216 g/mol. The van der Waals surface area contributed by atoms with Gasteiger partial charge in [0.2, 0.25) is 0 Å². The third kappa shape index (κ3) is 1.43. The minimum atomic E-state index is -1.01. The topological polar surface area (TPSA) is 79.1 Å². The SMILES string of the molecule is Cc1c(Cl)cc2cc(C(=O)O)[nH]c2c1N. The minimum absolute atomic E-state index is 0.110. The van der Waals surface area contributed by atoms with Crippen LogP contribution < -0.4 is 5.73 Å². The van der Waals surface area contributed by atoms with Crippen LogP contribution in [-0.2, 0) is 0 Å². The van der Waals surface area contributed by atoms with Gasteiger partial charge in [-0.05, 0) is 24.6 Å². The Bertz CT molecular complexity index is 560.